The molecule has 1 aromatic rings. The summed E-state index contributed by atoms with van der Waals surface area (Å²) >= 11 is 0. The monoisotopic (exact) mass is 478 g/mol. The number of nitrogens with zero attached hydrogens (tertiary/aromatic N) is 2. The first-order valence-electron chi connectivity index (χ1n) is 9.19. The molecule has 0 aliphatic rings. The van der Waals surface area contributed by atoms with Crippen molar-refractivity contribution in [3.05, 3.63) is 18.2 Å². The molecule has 1 rings (SSSR count). The SMILES string of the molecule is CCNC(=NCC(C)N(CC)CC)Nc1ccc(OC)c(OCC)c1.I. The third-order valence-electron chi connectivity index (χ3n) is 4.02. The number of hydrogen-bond acceptors (Lipinski definition) is 4. The lowest BCUT2D eigenvalue weighted by molar-refractivity contribution is 0.237. The smallest absolute Gasteiger partial charge is 0.195 e. The van der Waals surface area contributed by atoms with Crippen LogP contribution in [0, 0.1) is 0 Å². The van der Waals surface area contributed by atoms with Gasteiger partial charge in [0.2, 0.25) is 0 Å². The van der Waals surface area contributed by atoms with Gasteiger partial charge in [-0.3, -0.25) is 9.89 Å². The Morgan fingerprint density at radius 2 is 1.85 bits per heavy atom. The maximum Gasteiger partial charge on any atom is 0.195 e. The van der Waals surface area contributed by atoms with E-state index in [2.05, 4.69) is 43.2 Å². The van der Waals surface area contributed by atoms with Gasteiger partial charge >= 0.3 is 0 Å². The first kappa shape index (κ1) is 24.8. The van der Waals surface area contributed by atoms with E-state index in [0.717, 1.165) is 49.3 Å². The van der Waals surface area contributed by atoms with Crippen molar-refractivity contribution in [3.8, 4) is 11.5 Å². The number of ether oxygens (including phenoxy) is 2. The zero-order valence-electron chi connectivity index (χ0n) is 17.0. The summed E-state index contributed by atoms with van der Waals surface area (Å²) in [5.74, 6) is 2.22. The van der Waals surface area contributed by atoms with E-state index in [1.54, 1.807) is 7.11 Å². The Kier molecular flexibility index (Phi) is 13.3. The van der Waals surface area contributed by atoms with Crippen LogP contribution in [0.1, 0.15) is 34.6 Å². The van der Waals surface area contributed by atoms with Crippen LogP contribution >= 0.6 is 24.0 Å². The van der Waals surface area contributed by atoms with Crippen LogP contribution in [0.2, 0.25) is 0 Å². The van der Waals surface area contributed by atoms with E-state index in [4.69, 9.17) is 14.5 Å². The Bertz CT molecular complexity index is 536. The summed E-state index contributed by atoms with van der Waals surface area (Å²) in [6.45, 7) is 14.8. The van der Waals surface area contributed by atoms with Gasteiger partial charge in [-0.2, -0.15) is 0 Å². The molecule has 1 atom stereocenters. The van der Waals surface area contributed by atoms with Gasteiger partial charge < -0.3 is 20.1 Å². The molecule has 0 saturated heterocycles. The predicted molar refractivity (Wildman–Crippen MR) is 122 cm³/mol. The van der Waals surface area contributed by atoms with E-state index in [9.17, 15) is 0 Å². The number of guanidine groups is 1. The van der Waals surface area contributed by atoms with Crippen LogP contribution in [-0.2, 0) is 0 Å². The van der Waals surface area contributed by atoms with Crippen molar-refractivity contribution < 1.29 is 9.47 Å². The van der Waals surface area contributed by atoms with Gasteiger partial charge in [0.25, 0.3) is 0 Å². The van der Waals surface area contributed by atoms with E-state index >= 15 is 0 Å². The Labute approximate surface area is 175 Å². The van der Waals surface area contributed by atoms with Crippen LogP contribution in [0.5, 0.6) is 11.5 Å². The fraction of sp³-hybridized carbons (Fsp3) is 0.632. The molecule has 0 aliphatic heterocycles. The van der Waals surface area contributed by atoms with Gasteiger partial charge in [0.05, 0.1) is 20.3 Å². The largest absolute Gasteiger partial charge is 0.493 e. The summed E-state index contributed by atoms with van der Waals surface area (Å²) in [7, 11) is 1.64. The Hall–Kier alpha value is -1.22. The normalized spacial score (nSPS) is 12.3. The maximum atomic E-state index is 5.64. The molecule has 7 heteroatoms. The van der Waals surface area contributed by atoms with Gasteiger partial charge in [-0.1, -0.05) is 13.8 Å². The molecule has 0 radical (unpaired) electrons. The molecule has 26 heavy (non-hydrogen) atoms. The number of nitrogens with one attached hydrogen (secondary N) is 2. The highest BCUT2D eigenvalue weighted by Gasteiger charge is 2.10. The van der Waals surface area contributed by atoms with Crippen LogP contribution in [-0.4, -0.2) is 56.8 Å². The standard InChI is InChI=1S/C19H34N4O2.HI/c1-7-20-19(21-14-15(5)23(8-2)9-3)22-16-11-12-17(24-6)18(13-16)25-10-4;/h11-13,15H,7-10,14H2,1-6H3,(H2,20,21,22);1H. The number of rotatable bonds is 10. The van der Waals surface area contributed by atoms with Crippen molar-refractivity contribution >= 4 is 35.6 Å². The fourth-order valence-electron chi connectivity index (χ4n) is 2.65. The molecule has 1 aromatic carbocycles. The average Bonchev–Trinajstić information content (AvgIpc) is 2.61. The van der Waals surface area contributed by atoms with E-state index < -0.39 is 0 Å². The molecule has 0 heterocycles. The molecular formula is C19H35IN4O2. The minimum absolute atomic E-state index is 0. The number of likely N-dealkylation sites (N-methyl/N-ethyl adjacent to an activating group) is 1. The van der Waals surface area contributed by atoms with E-state index in [0.29, 0.717) is 12.6 Å². The van der Waals surface area contributed by atoms with Gasteiger partial charge in [0, 0.05) is 24.3 Å². The first-order valence-corrected chi connectivity index (χ1v) is 9.19. The van der Waals surface area contributed by atoms with Crippen LogP contribution in [0.15, 0.2) is 23.2 Å². The zero-order chi connectivity index (χ0) is 18.7. The number of methoxy groups -OCH3 is 1. The lowest BCUT2D eigenvalue weighted by atomic mass is 10.2. The lowest BCUT2D eigenvalue weighted by Crippen LogP contribution is -2.37. The predicted octanol–water partition coefficient (Wildman–Crippen LogP) is 3.82. The quantitative estimate of drug-likeness (QED) is 0.304. The minimum Gasteiger partial charge on any atom is -0.493 e. The van der Waals surface area contributed by atoms with E-state index in [-0.39, 0.29) is 24.0 Å². The summed E-state index contributed by atoms with van der Waals surface area (Å²) in [6, 6.07) is 6.20. The summed E-state index contributed by atoms with van der Waals surface area (Å²) in [5, 5.41) is 6.63. The number of aliphatic imine (C=N–C) groups is 1. The second kappa shape index (κ2) is 13.9. The van der Waals surface area contributed by atoms with Crippen molar-refractivity contribution in [2.45, 2.75) is 40.7 Å². The van der Waals surface area contributed by atoms with Crippen molar-refractivity contribution in [1.29, 1.82) is 0 Å². The Morgan fingerprint density at radius 1 is 1.15 bits per heavy atom. The highest BCUT2D eigenvalue weighted by molar-refractivity contribution is 14.0. The van der Waals surface area contributed by atoms with Gasteiger partial charge in [-0.05, 0) is 46.0 Å². The van der Waals surface area contributed by atoms with Crippen molar-refractivity contribution in [1.82, 2.24) is 10.2 Å². The summed E-state index contributed by atoms with van der Waals surface area (Å²) in [6.07, 6.45) is 0. The highest BCUT2D eigenvalue weighted by Crippen LogP contribution is 2.30. The average molecular weight is 478 g/mol. The summed E-state index contributed by atoms with van der Waals surface area (Å²) in [4.78, 5) is 7.12. The van der Waals surface area contributed by atoms with Crippen molar-refractivity contribution in [3.63, 3.8) is 0 Å². The zero-order valence-corrected chi connectivity index (χ0v) is 19.3. The number of hydrogen-bond donors (Lipinski definition) is 2. The molecule has 0 fully saturated rings. The van der Waals surface area contributed by atoms with Crippen LogP contribution < -0.4 is 20.1 Å². The van der Waals surface area contributed by atoms with Crippen molar-refractivity contribution in [2.75, 3.05) is 45.2 Å². The van der Waals surface area contributed by atoms with E-state index in [1.165, 1.54) is 0 Å². The molecular weight excluding hydrogens is 443 g/mol. The van der Waals surface area contributed by atoms with Crippen LogP contribution in [0.3, 0.4) is 0 Å². The van der Waals surface area contributed by atoms with Gasteiger partial charge in [-0.25, -0.2) is 0 Å². The van der Waals surface area contributed by atoms with Crippen molar-refractivity contribution in [2.24, 2.45) is 4.99 Å². The molecule has 1 unspecified atom stereocenters. The van der Waals surface area contributed by atoms with Crippen LogP contribution in [0.25, 0.3) is 0 Å². The second-order valence-corrected chi connectivity index (χ2v) is 5.71. The lowest BCUT2D eigenvalue weighted by Gasteiger charge is -2.25. The third kappa shape index (κ3) is 7.99. The Morgan fingerprint density at radius 3 is 2.38 bits per heavy atom. The Balaban J connectivity index is 0.00000625. The molecule has 0 saturated carbocycles. The number of halogens is 1. The maximum absolute atomic E-state index is 5.64. The summed E-state index contributed by atoms with van der Waals surface area (Å²) < 4.78 is 11.0. The second-order valence-electron chi connectivity index (χ2n) is 5.71. The van der Waals surface area contributed by atoms with Gasteiger partial charge in [0.15, 0.2) is 17.5 Å². The number of anilines is 1. The van der Waals surface area contributed by atoms with Gasteiger partial charge in [0.1, 0.15) is 0 Å². The topological polar surface area (TPSA) is 58.1 Å². The molecule has 0 spiro atoms. The van der Waals surface area contributed by atoms with E-state index in [1.807, 2.05) is 25.1 Å². The summed E-state index contributed by atoms with van der Waals surface area (Å²) in [5.41, 5.74) is 0.916. The molecule has 2 N–H and O–H groups in total. The molecule has 0 aliphatic carbocycles. The first-order chi connectivity index (χ1) is 12.1. The third-order valence-corrected chi connectivity index (χ3v) is 4.02. The molecule has 6 nitrogen and oxygen atoms in total. The molecule has 0 aromatic heterocycles. The van der Waals surface area contributed by atoms with Gasteiger partial charge in [-0.15, -0.1) is 24.0 Å². The molecule has 0 bridgehead atoms. The molecule has 0 amide bonds. The van der Waals surface area contributed by atoms with Crippen LogP contribution in [0.4, 0.5) is 5.69 Å². The number of benzene rings is 1. The fourth-order valence-corrected chi connectivity index (χ4v) is 2.65. The minimum atomic E-state index is 0. The molecule has 150 valence electrons. The highest BCUT2D eigenvalue weighted by atomic mass is 127.